The molecule has 3 heterocycles. The zero-order valence-corrected chi connectivity index (χ0v) is 32.3. The fraction of sp³-hybridized carbons (Fsp3) is 0.450. The summed E-state index contributed by atoms with van der Waals surface area (Å²) in [7, 11) is 0. The van der Waals surface area contributed by atoms with Crippen molar-refractivity contribution in [3.8, 4) is 11.3 Å². The minimum Gasteiger partial charge on any atom is -0.512 e. The van der Waals surface area contributed by atoms with Gasteiger partial charge < -0.3 is 9.52 Å². The molecule has 1 N–H and O–H groups in total. The standard InChI is InChI=1S/C27H26NOS.C13H24O2.Ir/c1-15(2)21-14-18(13-17-9-7-8-10-19(17)21)22-25-20(11-12-28-22)23-24(30-25)16(3)26(29-23)27(4,5)6;1-5-10(6-2)12(14)9-13(15)11(7-3)8-4;/h7-12,14-15H,1-6H3;9-11,14H,5-8H2,1-4H3;/q-1;;/b;12-9-;. The van der Waals surface area contributed by atoms with Crippen LogP contribution in [0.2, 0.25) is 0 Å². The summed E-state index contributed by atoms with van der Waals surface area (Å²) < 4.78 is 8.82. The van der Waals surface area contributed by atoms with E-state index in [1.807, 2.05) is 33.9 Å². The van der Waals surface area contributed by atoms with Crippen molar-refractivity contribution in [1.82, 2.24) is 4.98 Å². The molecule has 1 radical (unpaired) electrons. The minimum atomic E-state index is -0.0106. The number of carbonyl (C=O) groups excluding carboxylic acids is 1. The molecule has 2 aromatic carbocycles. The number of aryl methyl sites for hydroxylation is 1. The number of thiophene rings is 1. The van der Waals surface area contributed by atoms with Gasteiger partial charge in [0.2, 0.25) is 0 Å². The van der Waals surface area contributed by atoms with E-state index in [1.165, 1.54) is 32.0 Å². The fourth-order valence-electron chi connectivity index (χ4n) is 6.18. The molecule has 5 rings (SSSR count). The van der Waals surface area contributed by atoms with Gasteiger partial charge in [-0.05, 0) is 44.6 Å². The number of aliphatic hydroxyl groups is 1. The number of aromatic nitrogens is 1. The van der Waals surface area contributed by atoms with Gasteiger partial charge in [0, 0.05) is 71.0 Å². The second-order valence-corrected chi connectivity index (χ2v) is 14.5. The van der Waals surface area contributed by atoms with Gasteiger partial charge in [-0.25, -0.2) is 0 Å². The number of pyridine rings is 1. The number of hydrogen-bond donors (Lipinski definition) is 1. The molecule has 0 fully saturated rings. The number of nitrogens with zero attached hydrogens (tertiary/aromatic N) is 1. The zero-order valence-electron chi connectivity index (χ0n) is 29.1. The number of carbonyl (C=O) groups is 1. The Morgan fingerprint density at radius 2 is 1.61 bits per heavy atom. The molecule has 0 saturated carbocycles. The largest absolute Gasteiger partial charge is 0.512 e. The third-order valence-electron chi connectivity index (χ3n) is 8.89. The number of allylic oxidation sites excluding steroid dienone is 2. The second-order valence-electron chi connectivity index (χ2n) is 13.4. The quantitative estimate of drug-likeness (QED) is 0.0914. The predicted molar refractivity (Wildman–Crippen MR) is 193 cm³/mol. The molecule has 0 spiro atoms. The Kier molecular flexibility index (Phi) is 13.0. The first-order chi connectivity index (χ1) is 21.4. The van der Waals surface area contributed by atoms with Gasteiger partial charge in [-0.3, -0.25) is 9.78 Å². The number of hydrogen-bond acceptors (Lipinski definition) is 5. The zero-order chi connectivity index (χ0) is 33.1. The van der Waals surface area contributed by atoms with Crippen molar-refractivity contribution in [2.45, 2.75) is 106 Å². The Hall–Kier alpha value is -2.79. The maximum Gasteiger partial charge on any atom is 0.162 e. The van der Waals surface area contributed by atoms with Crippen LogP contribution in [0.3, 0.4) is 0 Å². The van der Waals surface area contributed by atoms with Gasteiger partial charge in [-0.2, -0.15) is 0 Å². The molecule has 0 aliphatic rings. The molecule has 5 aromatic rings. The Morgan fingerprint density at radius 3 is 2.20 bits per heavy atom. The van der Waals surface area contributed by atoms with Crippen LogP contribution in [0.1, 0.15) is 111 Å². The number of furan rings is 1. The minimum absolute atomic E-state index is 0. The van der Waals surface area contributed by atoms with E-state index in [2.05, 4.69) is 84.0 Å². The molecule has 0 aliphatic carbocycles. The summed E-state index contributed by atoms with van der Waals surface area (Å²) in [4.78, 5) is 16.5. The summed E-state index contributed by atoms with van der Waals surface area (Å²) >= 11 is 1.79. The van der Waals surface area contributed by atoms with Crippen molar-refractivity contribution in [3.63, 3.8) is 0 Å². The van der Waals surface area contributed by atoms with E-state index in [-0.39, 0.29) is 48.9 Å². The van der Waals surface area contributed by atoms with Crippen molar-refractivity contribution in [2.24, 2.45) is 11.8 Å². The maximum absolute atomic E-state index is 11.7. The first-order valence-corrected chi connectivity index (χ1v) is 17.4. The van der Waals surface area contributed by atoms with E-state index in [1.54, 1.807) is 11.3 Å². The van der Waals surface area contributed by atoms with Crippen molar-refractivity contribution in [3.05, 3.63) is 77.4 Å². The summed E-state index contributed by atoms with van der Waals surface area (Å²) in [5.41, 5.74) is 5.61. The van der Waals surface area contributed by atoms with Gasteiger partial charge in [0.25, 0.3) is 0 Å². The number of rotatable bonds is 9. The number of ketones is 1. The Balaban J connectivity index is 0.000000309. The van der Waals surface area contributed by atoms with Crippen LogP contribution in [0.4, 0.5) is 0 Å². The van der Waals surface area contributed by atoms with E-state index >= 15 is 0 Å². The summed E-state index contributed by atoms with van der Waals surface area (Å²) in [6.07, 6.45) is 6.81. The van der Waals surface area contributed by atoms with E-state index in [9.17, 15) is 9.90 Å². The van der Waals surface area contributed by atoms with E-state index in [0.717, 1.165) is 59.1 Å². The topological polar surface area (TPSA) is 63.3 Å². The summed E-state index contributed by atoms with van der Waals surface area (Å²) in [6, 6.07) is 16.5. The van der Waals surface area contributed by atoms with Crippen molar-refractivity contribution >= 4 is 48.3 Å². The molecule has 0 aliphatic heterocycles. The molecule has 3 aromatic heterocycles. The van der Waals surface area contributed by atoms with E-state index < -0.39 is 0 Å². The molecule has 4 nitrogen and oxygen atoms in total. The number of fused-ring (bicyclic) bond motifs is 4. The Morgan fingerprint density at radius 1 is 0.978 bits per heavy atom. The van der Waals surface area contributed by atoms with Crippen molar-refractivity contribution < 1.29 is 34.4 Å². The summed E-state index contributed by atoms with van der Waals surface area (Å²) in [5, 5.41) is 13.3. The normalized spacial score (nSPS) is 12.3. The molecule has 0 bridgehead atoms. The SMILES string of the molecule is CCC(CC)C(=O)/C=C(\O)C(CC)CC.Cc1c(C(C)(C)C)oc2c1sc1c(-c3[c-]c4ccccc4c(C(C)C)c3)nccc12.[Ir]. The average molecular weight is 817 g/mol. The molecule has 0 unspecified atom stereocenters. The van der Waals surface area contributed by atoms with Crippen molar-refractivity contribution in [1.29, 1.82) is 0 Å². The van der Waals surface area contributed by atoms with Crippen molar-refractivity contribution in [2.75, 3.05) is 0 Å². The number of benzene rings is 2. The molecule has 0 saturated heterocycles. The average Bonchev–Trinajstić information content (AvgIpc) is 3.54. The van der Waals surface area contributed by atoms with Crippen LogP contribution < -0.4 is 0 Å². The summed E-state index contributed by atoms with van der Waals surface area (Å²) in [6.45, 7) is 21.3. The first kappa shape index (κ1) is 37.7. The van der Waals surface area contributed by atoms with Gasteiger partial charge in [-0.1, -0.05) is 91.5 Å². The van der Waals surface area contributed by atoms with Crippen LogP contribution in [-0.4, -0.2) is 15.9 Å². The first-order valence-electron chi connectivity index (χ1n) is 16.6. The third kappa shape index (κ3) is 7.84. The third-order valence-corrected chi connectivity index (χ3v) is 10.2. The smallest absolute Gasteiger partial charge is 0.162 e. The van der Waals surface area contributed by atoms with Gasteiger partial charge >= 0.3 is 0 Å². The molecule has 6 heteroatoms. The van der Waals surface area contributed by atoms with Crippen LogP contribution in [-0.2, 0) is 30.3 Å². The van der Waals surface area contributed by atoms with Gasteiger partial charge in [-0.15, -0.1) is 40.5 Å². The van der Waals surface area contributed by atoms with Crippen LogP contribution in [0.5, 0.6) is 0 Å². The molecule has 0 amide bonds. The summed E-state index contributed by atoms with van der Waals surface area (Å²) in [5.74, 6) is 2.05. The second kappa shape index (κ2) is 15.9. The monoisotopic (exact) mass is 817 g/mol. The molecular formula is C40H50IrNO3S-. The van der Waals surface area contributed by atoms with Crippen LogP contribution in [0.15, 0.2) is 58.8 Å². The fourth-order valence-corrected chi connectivity index (χ4v) is 7.41. The van der Waals surface area contributed by atoms with Crippen LogP contribution in [0, 0.1) is 24.8 Å². The van der Waals surface area contributed by atoms with Gasteiger partial charge in [0.1, 0.15) is 5.76 Å². The van der Waals surface area contributed by atoms with E-state index in [4.69, 9.17) is 9.40 Å². The predicted octanol–water partition coefficient (Wildman–Crippen LogP) is 12.3. The molecule has 46 heavy (non-hydrogen) atoms. The maximum atomic E-state index is 11.7. The Bertz CT molecular complexity index is 1810. The van der Waals surface area contributed by atoms with Crippen LogP contribution >= 0.6 is 11.3 Å². The molecule has 249 valence electrons. The van der Waals surface area contributed by atoms with E-state index in [0.29, 0.717) is 5.92 Å². The van der Waals surface area contributed by atoms with Gasteiger partial charge in [0.15, 0.2) is 11.4 Å². The van der Waals surface area contributed by atoms with Crippen LogP contribution in [0.25, 0.3) is 42.4 Å². The molecular weight excluding hydrogens is 767 g/mol. The number of aliphatic hydroxyl groups excluding tert-OH is 1. The Labute approximate surface area is 293 Å². The van der Waals surface area contributed by atoms with Gasteiger partial charge in [0.05, 0.1) is 10.5 Å². The molecule has 0 atom stereocenters.